The van der Waals surface area contributed by atoms with Gasteiger partial charge in [-0.2, -0.15) is 0 Å². The van der Waals surface area contributed by atoms with Crippen molar-refractivity contribution in [3.05, 3.63) is 119 Å². The summed E-state index contributed by atoms with van der Waals surface area (Å²) in [4.78, 5) is 0. The number of rotatable bonds is 4. The van der Waals surface area contributed by atoms with Gasteiger partial charge in [-0.15, -0.1) is 0 Å². The van der Waals surface area contributed by atoms with Gasteiger partial charge in [0, 0.05) is 16.5 Å². The van der Waals surface area contributed by atoms with Crippen LogP contribution >= 0.6 is 0 Å². The van der Waals surface area contributed by atoms with E-state index in [-0.39, 0.29) is 5.39 Å². The Labute approximate surface area is 181 Å². The molecule has 0 aromatic heterocycles. The first-order valence-electron chi connectivity index (χ1n) is 10.3. The van der Waals surface area contributed by atoms with E-state index in [0.29, 0.717) is 5.39 Å². The number of hydrogen-bond acceptors (Lipinski definition) is 0. The highest BCUT2D eigenvalue weighted by atomic mass is 19.2. The zero-order valence-electron chi connectivity index (χ0n) is 17.3. The maximum atomic E-state index is 13.8. The second-order valence-electron chi connectivity index (χ2n) is 7.43. The molecule has 0 heterocycles. The first-order valence-corrected chi connectivity index (χ1v) is 10.3. The largest absolute Gasteiger partial charge is 0.204 e. The highest BCUT2D eigenvalue weighted by Crippen LogP contribution is 2.22. The lowest BCUT2D eigenvalue weighted by Crippen LogP contribution is -1.87. The van der Waals surface area contributed by atoms with E-state index < -0.39 is 11.6 Å². The molecule has 0 fully saturated rings. The van der Waals surface area contributed by atoms with Crippen molar-refractivity contribution in [1.29, 1.82) is 0 Å². The molecule has 31 heavy (non-hydrogen) atoms. The summed E-state index contributed by atoms with van der Waals surface area (Å²) in [5.41, 5.74) is 5.32. The van der Waals surface area contributed by atoms with Gasteiger partial charge in [-0.25, -0.2) is 8.78 Å². The molecular formula is C29H22F2. The van der Waals surface area contributed by atoms with Crippen molar-refractivity contribution in [2.45, 2.75) is 19.8 Å². The minimum Gasteiger partial charge on any atom is -0.204 e. The molecule has 0 radical (unpaired) electrons. The molecule has 4 aromatic rings. The van der Waals surface area contributed by atoms with Crippen LogP contribution in [0.1, 0.15) is 30.0 Å². The van der Waals surface area contributed by atoms with Crippen LogP contribution in [0, 0.1) is 23.5 Å². The van der Waals surface area contributed by atoms with Gasteiger partial charge in [0.15, 0.2) is 11.6 Å². The van der Waals surface area contributed by atoms with Crippen LogP contribution in [0.4, 0.5) is 8.78 Å². The van der Waals surface area contributed by atoms with Crippen molar-refractivity contribution in [3.8, 4) is 23.0 Å². The number of hydrogen-bond donors (Lipinski definition) is 0. The van der Waals surface area contributed by atoms with Crippen LogP contribution in [0.3, 0.4) is 0 Å². The van der Waals surface area contributed by atoms with Crippen molar-refractivity contribution in [3.63, 3.8) is 0 Å². The maximum Gasteiger partial charge on any atom is 0.166 e. The molecule has 4 rings (SSSR count). The Hall–Kier alpha value is -3.70. The van der Waals surface area contributed by atoms with Crippen LogP contribution in [0.25, 0.3) is 21.9 Å². The van der Waals surface area contributed by atoms with Gasteiger partial charge in [-0.3, -0.25) is 0 Å². The van der Waals surface area contributed by atoms with Gasteiger partial charge in [0.05, 0.1) is 0 Å². The molecule has 0 N–H and O–H groups in total. The smallest absolute Gasteiger partial charge is 0.166 e. The van der Waals surface area contributed by atoms with Gasteiger partial charge < -0.3 is 0 Å². The standard InChI is InChI=1S/C29H22F2/c1-2-3-4-5-21-8-13-24(14-9-21)25-15-10-22(11-16-25)6-7-23-12-18-27-26(20-23)17-19-28(30)29(27)31/h2-3,8-20H,4-5H2,1H3/b3-2+. The van der Waals surface area contributed by atoms with Gasteiger partial charge in [-0.05, 0) is 72.2 Å². The summed E-state index contributed by atoms with van der Waals surface area (Å²) in [6.07, 6.45) is 6.38. The van der Waals surface area contributed by atoms with Crippen LogP contribution in [-0.4, -0.2) is 0 Å². The summed E-state index contributed by atoms with van der Waals surface area (Å²) in [7, 11) is 0. The van der Waals surface area contributed by atoms with E-state index in [4.69, 9.17) is 0 Å². The molecule has 0 nitrogen and oxygen atoms in total. The van der Waals surface area contributed by atoms with Crippen molar-refractivity contribution >= 4 is 10.8 Å². The van der Waals surface area contributed by atoms with E-state index >= 15 is 0 Å². The minimum atomic E-state index is -0.838. The molecule has 0 aliphatic heterocycles. The lowest BCUT2D eigenvalue weighted by Gasteiger charge is -2.04. The van der Waals surface area contributed by atoms with Gasteiger partial charge >= 0.3 is 0 Å². The Balaban J connectivity index is 1.49. The topological polar surface area (TPSA) is 0 Å². The Kier molecular flexibility index (Phi) is 6.24. The lowest BCUT2D eigenvalue weighted by molar-refractivity contribution is 0.517. The van der Waals surface area contributed by atoms with E-state index in [1.807, 2.05) is 19.1 Å². The van der Waals surface area contributed by atoms with Gasteiger partial charge in [0.2, 0.25) is 0 Å². The van der Waals surface area contributed by atoms with Crippen molar-refractivity contribution in [2.24, 2.45) is 0 Å². The van der Waals surface area contributed by atoms with E-state index in [9.17, 15) is 8.78 Å². The third-order valence-corrected chi connectivity index (χ3v) is 5.27. The SMILES string of the molecule is C/C=C/CCc1ccc(-c2ccc(C#Cc3ccc4c(F)c(F)ccc4c3)cc2)cc1. The minimum absolute atomic E-state index is 0.266. The fourth-order valence-corrected chi connectivity index (χ4v) is 3.51. The quantitative estimate of drug-likeness (QED) is 0.240. The Bertz CT molecular complexity index is 1290. The number of aryl methyl sites for hydroxylation is 1. The molecule has 0 spiro atoms. The summed E-state index contributed by atoms with van der Waals surface area (Å²) < 4.78 is 27.2. The van der Waals surface area contributed by atoms with E-state index in [1.165, 1.54) is 11.1 Å². The lowest BCUT2D eigenvalue weighted by atomic mass is 10.0. The van der Waals surface area contributed by atoms with Crippen LogP contribution in [-0.2, 0) is 6.42 Å². The summed E-state index contributed by atoms with van der Waals surface area (Å²) in [5.74, 6) is 4.59. The molecule has 0 unspecified atom stereocenters. The van der Waals surface area contributed by atoms with E-state index in [2.05, 4.69) is 60.4 Å². The fraction of sp³-hybridized carbons (Fsp3) is 0.103. The molecule has 4 aromatic carbocycles. The first kappa shape index (κ1) is 20.6. The van der Waals surface area contributed by atoms with Crippen LogP contribution in [0.15, 0.2) is 91.0 Å². The summed E-state index contributed by atoms with van der Waals surface area (Å²) >= 11 is 0. The number of halogens is 2. The molecule has 0 aliphatic carbocycles. The summed E-state index contributed by atoms with van der Waals surface area (Å²) in [6, 6.07) is 24.6. The molecule has 0 bridgehead atoms. The predicted octanol–water partition coefficient (Wildman–Crippen LogP) is 7.69. The highest BCUT2D eigenvalue weighted by Gasteiger charge is 2.06. The van der Waals surface area contributed by atoms with Gasteiger partial charge in [0.1, 0.15) is 0 Å². The summed E-state index contributed by atoms with van der Waals surface area (Å²) in [5, 5.41) is 0.901. The first-order chi connectivity index (χ1) is 15.1. The maximum absolute atomic E-state index is 13.8. The number of fused-ring (bicyclic) bond motifs is 1. The molecule has 2 heteroatoms. The molecule has 0 saturated carbocycles. The molecule has 0 atom stereocenters. The average molecular weight is 408 g/mol. The van der Waals surface area contributed by atoms with Crippen molar-refractivity contribution in [1.82, 2.24) is 0 Å². The Morgan fingerprint density at radius 2 is 1.39 bits per heavy atom. The van der Waals surface area contributed by atoms with E-state index in [1.54, 1.807) is 24.3 Å². The molecule has 0 aliphatic rings. The third-order valence-electron chi connectivity index (χ3n) is 5.27. The Morgan fingerprint density at radius 1 is 0.742 bits per heavy atom. The van der Waals surface area contributed by atoms with Gasteiger partial charge in [-0.1, -0.05) is 72.5 Å². The molecule has 0 amide bonds. The van der Waals surface area contributed by atoms with Crippen LogP contribution in [0.5, 0.6) is 0 Å². The fourth-order valence-electron chi connectivity index (χ4n) is 3.51. The zero-order valence-corrected chi connectivity index (χ0v) is 17.3. The third kappa shape index (κ3) is 4.90. The monoisotopic (exact) mass is 408 g/mol. The zero-order chi connectivity index (χ0) is 21.6. The second kappa shape index (κ2) is 9.41. The highest BCUT2D eigenvalue weighted by molar-refractivity contribution is 5.84. The predicted molar refractivity (Wildman–Crippen MR) is 125 cm³/mol. The van der Waals surface area contributed by atoms with Crippen LogP contribution in [0.2, 0.25) is 0 Å². The van der Waals surface area contributed by atoms with Crippen molar-refractivity contribution in [2.75, 3.05) is 0 Å². The van der Waals surface area contributed by atoms with E-state index in [0.717, 1.165) is 35.6 Å². The average Bonchev–Trinajstić information content (AvgIpc) is 2.81. The molecule has 0 saturated heterocycles. The Morgan fingerprint density at radius 3 is 2.10 bits per heavy atom. The summed E-state index contributed by atoms with van der Waals surface area (Å²) in [6.45, 7) is 2.04. The molecular weight excluding hydrogens is 386 g/mol. The van der Waals surface area contributed by atoms with Crippen molar-refractivity contribution < 1.29 is 8.78 Å². The van der Waals surface area contributed by atoms with Crippen LogP contribution < -0.4 is 0 Å². The number of benzene rings is 4. The molecule has 152 valence electrons. The normalized spacial score (nSPS) is 10.9. The second-order valence-corrected chi connectivity index (χ2v) is 7.43. The van der Waals surface area contributed by atoms with Gasteiger partial charge in [0.25, 0.3) is 0 Å². The number of allylic oxidation sites excluding steroid dienone is 2.